The summed E-state index contributed by atoms with van der Waals surface area (Å²) in [5.41, 5.74) is 6.75. The van der Waals surface area contributed by atoms with Crippen LogP contribution < -0.4 is 0 Å². The molecule has 0 spiro atoms. The fourth-order valence-electron chi connectivity index (χ4n) is 2.07. The molecule has 0 atom stereocenters. The Kier molecular flexibility index (Phi) is 5.64. The van der Waals surface area contributed by atoms with E-state index in [-0.39, 0.29) is 0 Å². The van der Waals surface area contributed by atoms with Crippen LogP contribution in [0.3, 0.4) is 0 Å². The topological polar surface area (TPSA) is 0 Å². The Morgan fingerprint density at radius 1 is 1.11 bits per heavy atom. The van der Waals surface area contributed by atoms with Gasteiger partial charge in [-0.1, -0.05) is 59.2 Å². The summed E-state index contributed by atoms with van der Waals surface area (Å²) < 4.78 is 0. The maximum absolute atomic E-state index is 2.30. The van der Waals surface area contributed by atoms with Gasteiger partial charge in [-0.25, -0.2) is 0 Å². The molecule has 1 aromatic carbocycles. The zero-order valence-electron chi connectivity index (χ0n) is 12.2. The molecule has 0 nitrogen and oxygen atoms in total. The molecule has 0 bridgehead atoms. The number of rotatable bonds is 4. The highest BCUT2D eigenvalue weighted by Gasteiger charge is 1.96. The fraction of sp³-hybridized carbons (Fsp3) is 0.333. The van der Waals surface area contributed by atoms with Crippen LogP contribution in [0.15, 0.2) is 53.6 Å². The molecular weight excluding hydrogens is 216 g/mol. The molecule has 0 saturated heterocycles. The van der Waals surface area contributed by atoms with Gasteiger partial charge in [0.15, 0.2) is 0 Å². The van der Waals surface area contributed by atoms with Crippen molar-refractivity contribution in [2.45, 2.75) is 41.0 Å². The maximum Gasteiger partial charge on any atom is -0.00891 e. The molecule has 0 saturated carbocycles. The molecule has 0 aliphatic heterocycles. The molecule has 96 valence electrons. The molecule has 0 N–H and O–H groups in total. The van der Waals surface area contributed by atoms with E-state index in [1.54, 1.807) is 0 Å². The van der Waals surface area contributed by atoms with E-state index < -0.39 is 0 Å². The minimum Gasteiger partial charge on any atom is -0.0874 e. The summed E-state index contributed by atoms with van der Waals surface area (Å²) in [7, 11) is 0. The molecule has 1 aromatic rings. The van der Waals surface area contributed by atoms with Gasteiger partial charge in [-0.05, 0) is 52.2 Å². The smallest absolute Gasteiger partial charge is 0.00891 e. The maximum atomic E-state index is 2.30. The number of allylic oxidation sites excluding steroid dienone is 6. The molecule has 0 amide bonds. The standard InChI is InChI=1S/C18H24/c1-6-7-14(2)12-15(3)8-10-18-11-9-16(4)13-17(18)5/h6-9,11-13H,10H2,1-5H3. The Morgan fingerprint density at radius 2 is 1.83 bits per heavy atom. The van der Waals surface area contributed by atoms with E-state index in [0.717, 1.165) is 6.42 Å². The molecule has 0 aliphatic rings. The van der Waals surface area contributed by atoms with Crippen molar-refractivity contribution in [3.05, 3.63) is 70.3 Å². The molecule has 0 aromatic heterocycles. The summed E-state index contributed by atoms with van der Waals surface area (Å²) in [5.74, 6) is 0. The third-order valence-electron chi connectivity index (χ3n) is 3.03. The van der Waals surface area contributed by atoms with E-state index >= 15 is 0 Å². The van der Waals surface area contributed by atoms with Crippen LogP contribution in [0.4, 0.5) is 0 Å². The predicted octanol–water partition coefficient (Wildman–Crippen LogP) is 5.31. The van der Waals surface area contributed by atoms with Crippen molar-refractivity contribution in [3.8, 4) is 0 Å². The molecular formula is C18H24. The van der Waals surface area contributed by atoms with Crippen molar-refractivity contribution in [2.24, 2.45) is 0 Å². The second-order valence-electron chi connectivity index (χ2n) is 4.97. The first-order valence-corrected chi connectivity index (χ1v) is 6.57. The Morgan fingerprint density at radius 3 is 2.44 bits per heavy atom. The second kappa shape index (κ2) is 7.00. The minimum absolute atomic E-state index is 1.01. The van der Waals surface area contributed by atoms with E-state index in [4.69, 9.17) is 0 Å². The first-order chi connectivity index (χ1) is 8.52. The van der Waals surface area contributed by atoms with Gasteiger partial charge in [0.1, 0.15) is 0 Å². The molecule has 0 radical (unpaired) electrons. The van der Waals surface area contributed by atoms with E-state index in [2.05, 4.69) is 70.2 Å². The first-order valence-electron chi connectivity index (χ1n) is 6.57. The van der Waals surface area contributed by atoms with Gasteiger partial charge in [-0.2, -0.15) is 0 Å². The van der Waals surface area contributed by atoms with E-state index in [1.807, 2.05) is 6.92 Å². The van der Waals surface area contributed by atoms with Gasteiger partial charge >= 0.3 is 0 Å². The SMILES string of the molecule is CC=CC(C)=CC(C)=CCc1ccc(C)cc1C. The van der Waals surface area contributed by atoms with Crippen LogP contribution in [-0.2, 0) is 6.42 Å². The van der Waals surface area contributed by atoms with Crippen molar-refractivity contribution in [2.75, 3.05) is 0 Å². The van der Waals surface area contributed by atoms with Crippen molar-refractivity contribution < 1.29 is 0 Å². The monoisotopic (exact) mass is 240 g/mol. The lowest BCUT2D eigenvalue weighted by Gasteiger charge is -2.04. The van der Waals surface area contributed by atoms with Gasteiger partial charge in [0.25, 0.3) is 0 Å². The zero-order valence-corrected chi connectivity index (χ0v) is 12.2. The molecule has 0 aliphatic carbocycles. The van der Waals surface area contributed by atoms with Crippen molar-refractivity contribution in [1.29, 1.82) is 0 Å². The van der Waals surface area contributed by atoms with Crippen LogP contribution in [0.1, 0.15) is 37.5 Å². The molecule has 0 fully saturated rings. The minimum atomic E-state index is 1.01. The van der Waals surface area contributed by atoms with Crippen LogP contribution in [0.2, 0.25) is 0 Å². The second-order valence-corrected chi connectivity index (χ2v) is 4.97. The quantitative estimate of drug-likeness (QED) is 0.625. The number of hydrogen-bond donors (Lipinski definition) is 0. The molecule has 0 heteroatoms. The third-order valence-corrected chi connectivity index (χ3v) is 3.03. The largest absolute Gasteiger partial charge is 0.0874 e. The summed E-state index contributed by atoms with van der Waals surface area (Å²) in [5, 5.41) is 0. The summed E-state index contributed by atoms with van der Waals surface area (Å²) in [6.07, 6.45) is 9.74. The lowest BCUT2D eigenvalue weighted by atomic mass is 10.0. The van der Waals surface area contributed by atoms with Crippen molar-refractivity contribution in [3.63, 3.8) is 0 Å². The van der Waals surface area contributed by atoms with Gasteiger partial charge in [-0.15, -0.1) is 0 Å². The highest BCUT2D eigenvalue weighted by Crippen LogP contribution is 2.13. The van der Waals surface area contributed by atoms with Gasteiger partial charge in [0.2, 0.25) is 0 Å². The van der Waals surface area contributed by atoms with Crippen LogP contribution in [0.5, 0.6) is 0 Å². The Labute approximate surface area is 112 Å². The Bertz CT molecular complexity index is 485. The highest BCUT2D eigenvalue weighted by atomic mass is 14.0. The highest BCUT2D eigenvalue weighted by molar-refractivity contribution is 5.34. The van der Waals surface area contributed by atoms with Crippen LogP contribution >= 0.6 is 0 Å². The fourth-order valence-corrected chi connectivity index (χ4v) is 2.07. The first kappa shape index (κ1) is 14.5. The van der Waals surface area contributed by atoms with Crippen molar-refractivity contribution >= 4 is 0 Å². The van der Waals surface area contributed by atoms with Crippen LogP contribution in [0, 0.1) is 13.8 Å². The summed E-state index contributed by atoms with van der Waals surface area (Å²) >= 11 is 0. The average Bonchev–Trinajstić information content (AvgIpc) is 2.28. The number of hydrogen-bond acceptors (Lipinski definition) is 0. The molecule has 18 heavy (non-hydrogen) atoms. The lowest BCUT2D eigenvalue weighted by molar-refractivity contribution is 1.18. The Balaban J connectivity index is 2.77. The molecule has 1 rings (SSSR count). The molecule has 0 unspecified atom stereocenters. The predicted molar refractivity (Wildman–Crippen MR) is 81.9 cm³/mol. The van der Waals surface area contributed by atoms with Gasteiger partial charge in [-0.3, -0.25) is 0 Å². The van der Waals surface area contributed by atoms with E-state index in [1.165, 1.54) is 27.8 Å². The molecule has 0 heterocycles. The summed E-state index contributed by atoms with van der Waals surface area (Å²) in [6, 6.07) is 6.67. The average molecular weight is 240 g/mol. The van der Waals surface area contributed by atoms with Gasteiger partial charge < -0.3 is 0 Å². The van der Waals surface area contributed by atoms with Gasteiger partial charge in [0.05, 0.1) is 0 Å². The van der Waals surface area contributed by atoms with Crippen LogP contribution in [0.25, 0.3) is 0 Å². The van der Waals surface area contributed by atoms with Crippen molar-refractivity contribution in [1.82, 2.24) is 0 Å². The normalized spacial score (nSPS) is 13.4. The summed E-state index contributed by atoms with van der Waals surface area (Å²) in [4.78, 5) is 0. The number of benzene rings is 1. The zero-order chi connectivity index (χ0) is 13.5. The van der Waals surface area contributed by atoms with E-state index in [9.17, 15) is 0 Å². The summed E-state index contributed by atoms with van der Waals surface area (Å²) in [6.45, 7) is 10.7. The number of aryl methyl sites for hydroxylation is 2. The Hall–Kier alpha value is -1.56. The van der Waals surface area contributed by atoms with Gasteiger partial charge in [0, 0.05) is 0 Å². The third kappa shape index (κ3) is 4.75. The lowest BCUT2D eigenvalue weighted by Crippen LogP contribution is -1.88. The van der Waals surface area contributed by atoms with Crippen LogP contribution in [-0.4, -0.2) is 0 Å². The van der Waals surface area contributed by atoms with E-state index in [0.29, 0.717) is 0 Å².